The minimum atomic E-state index is -1.51. The van der Waals surface area contributed by atoms with Crippen molar-refractivity contribution < 1.29 is 116 Å². The molecule has 28 heteroatoms. The number of rotatable bonds is 32. The van der Waals surface area contributed by atoms with E-state index in [1.165, 1.54) is 0 Å². The number of amides is 3. The Hall–Kier alpha value is -5.87. The van der Waals surface area contributed by atoms with Gasteiger partial charge in [0.2, 0.25) is 11.9 Å². The van der Waals surface area contributed by atoms with Gasteiger partial charge in [0.25, 0.3) is 0 Å². The molecule has 431 valence electrons. The normalized spacial score (nSPS) is 15.8. The van der Waals surface area contributed by atoms with E-state index in [1.807, 2.05) is 38.4 Å². The molecular weight excluding hydrogens is 1160 g/mol. The summed E-state index contributed by atoms with van der Waals surface area (Å²) in [5, 5.41) is 73.5. The average molecular weight is 1240 g/mol. The predicted molar refractivity (Wildman–Crippen MR) is 267 cm³/mol. The second kappa shape index (κ2) is 35.5. The fourth-order valence-electron chi connectivity index (χ4n) is 8.30. The Bertz CT molecular complexity index is 2230. The van der Waals surface area contributed by atoms with Crippen LogP contribution >= 0.6 is 0 Å². The van der Waals surface area contributed by atoms with E-state index in [9.17, 15) is 73.8 Å². The zero-order valence-electron chi connectivity index (χ0n) is 42.9. The number of anilines is 1. The zero-order chi connectivity index (χ0) is 55.5. The van der Waals surface area contributed by atoms with Crippen molar-refractivity contribution in [3.63, 3.8) is 0 Å². The number of carbonyl (C=O) groups is 9. The van der Waals surface area contributed by atoms with Crippen molar-refractivity contribution in [1.82, 2.24) is 50.5 Å². The second-order valence-corrected chi connectivity index (χ2v) is 18.6. The zero-order valence-corrected chi connectivity index (χ0v) is 44.5. The molecule has 0 spiro atoms. The van der Waals surface area contributed by atoms with Crippen molar-refractivity contribution in [2.45, 2.75) is 102 Å². The Morgan fingerprint density at radius 2 is 1.09 bits per heavy atom. The maximum Gasteiger partial charge on any atom is 0.326 e. The molecule has 10 N–H and O–H groups in total. The summed E-state index contributed by atoms with van der Waals surface area (Å²) in [6.07, 6.45) is 4.41. The maximum atomic E-state index is 12.5. The Morgan fingerprint density at radius 3 is 1.64 bits per heavy atom. The van der Waals surface area contributed by atoms with Gasteiger partial charge in [0.15, 0.2) is 0 Å². The quantitative estimate of drug-likeness (QED) is 0.0426. The fraction of sp³-hybridized carbons (Fsp3) is 0.625. The van der Waals surface area contributed by atoms with Gasteiger partial charge in [0.05, 0.1) is 26.2 Å². The van der Waals surface area contributed by atoms with Gasteiger partial charge in [-0.3, -0.25) is 48.4 Å². The third-order valence-corrected chi connectivity index (χ3v) is 12.2. The van der Waals surface area contributed by atoms with E-state index in [1.54, 1.807) is 24.5 Å². The smallest absolute Gasteiger partial charge is 0.326 e. The van der Waals surface area contributed by atoms with Crippen molar-refractivity contribution in [3.05, 3.63) is 47.0 Å². The van der Waals surface area contributed by atoms with Crippen molar-refractivity contribution in [2.75, 3.05) is 97.5 Å². The van der Waals surface area contributed by atoms with E-state index in [0.717, 1.165) is 30.4 Å². The molecule has 1 fully saturated rings. The van der Waals surface area contributed by atoms with E-state index in [0.29, 0.717) is 62.5 Å². The summed E-state index contributed by atoms with van der Waals surface area (Å²) in [5.74, 6) is -6.91. The van der Waals surface area contributed by atoms with Crippen molar-refractivity contribution >= 4 is 59.7 Å². The van der Waals surface area contributed by atoms with Gasteiger partial charge >= 0.3 is 47.8 Å². The molecule has 3 rings (SSSR count). The van der Waals surface area contributed by atoms with Gasteiger partial charge in [-0.2, -0.15) is 9.97 Å². The molecule has 0 aliphatic carbocycles. The molecule has 2 aromatic rings. The number of nitrogens with zero attached hydrogens (tertiary/aromatic N) is 8. The Kier molecular flexibility index (Phi) is 30.9. The topological polar surface area (TPSA) is 386 Å². The van der Waals surface area contributed by atoms with E-state index in [-0.39, 0.29) is 134 Å². The van der Waals surface area contributed by atoms with Gasteiger partial charge in [-0.25, -0.2) is 19.4 Å². The number of carboxylic acids is 7. The molecule has 1 unspecified atom stereocenters. The Balaban J connectivity index is 0.0000198. The van der Waals surface area contributed by atoms with Crippen molar-refractivity contribution in [1.29, 1.82) is 0 Å². The first-order chi connectivity index (χ1) is 35.6. The van der Waals surface area contributed by atoms with Crippen LogP contribution in [0.4, 0.5) is 10.7 Å². The summed E-state index contributed by atoms with van der Waals surface area (Å²) in [5.41, 5.74) is 1.73. The molecule has 1 aliphatic heterocycles. The summed E-state index contributed by atoms with van der Waals surface area (Å²) in [6.45, 7) is 0.186. The molecular formula is C48H73LuN11O16. The van der Waals surface area contributed by atoms with Gasteiger partial charge < -0.3 is 56.6 Å². The molecule has 1 aliphatic rings. The minimum absolute atomic E-state index is 0. The first-order valence-corrected chi connectivity index (χ1v) is 24.8. The first-order valence-electron chi connectivity index (χ1n) is 24.8. The fourth-order valence-corrected chi connectivity index (χ4v) is 8.30. The number of hydrogen-bond acceptors (Lipinski definition) is 17. The summed E-state index contributed by atoms with van der Waals surface area (Å²) in [6, 6.07) is 3.24. The van der Waals surface area contributed by atoms with Crippen LogP contribution in [0.3, 0.4) is 0 Å². The van der Waals surface area contributed by atoms with Crippen molar-refractivity contribution in [2.24, 2.45) is 0 Å². The minimum Gasteiger partial charge on any atom is -0.481 e. The van der Waals surface area contributed by atoms with Crippen LogP contribution < -0.4 is 20.9 Å². The Labute approximate surface area is 469 Å². The molecule has 27 nitrogen and oxygen atoms in total. The van der Waals surface area contributed by atoms with Crippen LogP contribution in [0.1, 0.15) is 87.0 Å². The van der Waals surface area contributed by atoms with E-state index in [2.05, 4.69) is 25.9 Å². The molecule has 1 aromatic carbocycles. The monoisotopic (exact) mass is 1230 g/mol. The third-order valence-electron chi connectivity index (χ3n) is 12.2. The molecule has 3 atom stereocenters. The molecule has 0 saturated carbocycles. The van der Waals surface area contributed by atoms with E-state index < -0.39 is 72.4 Å². The SMILES string of the molecule is CN(C)c1nc(CCCCCCC(=O)NCCCC[C@H](NC(=O)N[C@@H](CCC(=O)O)C(=O)O)C(=O)O)nc(Cc2ccc(CC3CN(CC(=O)O)CCN(CC(=O)O)CCN(CC(=O)O)CCN3CC(=O)O)cc2)n1.[Lu]. The number of unbranched alkanes of at least 4 members (excludes halogenated alkanes) is 4. The number of aromatic nitrogens is 3. The second-order valence-electron chi connectivity index (χ2n) is 18.6. The van der Waals surface area contributed by atoms with Crippen LogP contribution in [0.15, 0.2) is 24.3 Å². The molecule has 1 aromatic heterocycles. The van der Waals surface area contributed by atoms with Crippen LogP contribution in [-0.4, -0.2) is 235 Å². The maximum absolute atomic E-state index is 12.5. The van der Waals surface area contributed by atoms with Crippen LogP contribution in [0, 0.1) is 36.9 Å². The molecule has 2 heterocycles. The van der Waals surface area contributed by atoms with Gasteiger partial charge in [0, 0.05) is 135 Å². The first kappa shape index (κ1) is 66.2. The number of carboxylic acid groups (broad SMARTS) is 7. The number of nitrogens with one attached hydrogen (secondary N) is 3. The number of carbonyl (C=O) groups excluding carboxylic acids is 2. The van der Waals surface area contributed by atoms with Gasteiger partial charge in [-0.05, 0) is 56.1 Å². The van der Waals surface area contributed by atoms with Crippen LogP contribution in [-0.2, 0) is 57.6 Å². The van der Waals surface area contributed by atoms with Crippen LogP contribution in [0.25, 0.3) is 0 Å². The molecule has 1 saturated heterocycles. The molecule has 1 radical (unpaired) electrons. The van der Waals surface area contributed by atoms with Crippen LogP contribution in [0.5, 0.6) is 0 Å². The van der Waals surface area contributed by atoms with Gasteiger partial charge in [-0.1, -0.05) is 37.1 Å². The van der Waals surface area contributed by atoms with E-state index >= 15 is 0 Å². The number of aliphatic carboxylic acids is 7. The summed E-state index contributed by atoms with van der Waals surface area (Å²) in [4.78, 5) is 129. The van der Waals surface area contributed by atoms with E-state index in [4.69, 9.17) is 10.1 Å². The number of urea groups is 1. The summed E-state index contributed by atoms with van der Waals surface area (Å²) in [7, 11) is 3.65. The Morgan fingerprint density at radius 1 is 0.579 bits per heavy atom. The number of benzene rings is 1. The third kappa shape index (κ3) is 27.8. The average Bonchev–Trinajstić information content (AvgIpc) is 3.31. The predicted octanol–water partition coefficient (Wildman–Crippen LogP) is -0.151. The number of aryl methyl sites for hydroxylation is 1. The summed E-state index contributed by atoms with van der Waals surface area (Å²) < 4.78 is 0. The number of hydrogen-bond donors (Lipinski definition) is 10. The van der Waals surface area contributed by atoms with Gasteiger partial charge in [0.1, 0.15) is 23.7 Å². The standard InChI is InChI=1S/C48H73N11O16.Lu/c1-55(2)47-53-37(10-5-3-4-6-11-39(60)49-18-8-7-9-35(45(71)72)50-48(75)51-36(46(73)74)16-17-40(61)62)52-38(54-47)26-33-14-12-32(13-15-33)25-34-27-58(30-43(67)68)22-21-56(28-41(63)64)19-20-57(29-42(65)66)23-24-59(34)31-44(69)70;/h12-15,34-36H,3-11,16-31H2,1-2H3,(H,49,60)(H,61,62)(H,63,64)(H,65,66)(H,67,68)(H,69,70)(H,71,72)(H,73,74)(H2,50,51,75);/t34?,35-,36-;/m0./s1. The molecule has 3 amide bonds. The largest absolute Gasteiger partial charge is 0.481 e. The molecule has 76 heavy (non-hydrogen) atoms. The summed E-state index contributed by atoms with van der Waals surface area (Å²) >= 11 is 0. The van der Waals surface area contributed by atoms with Gasteiger partial charge in [-0.15, -0.1) is 0 Å². The van der Waals surface area contributed by atoms with Crippen LogP contribution in [0.2, 0.25) is 0 Å². The molecule has 0 bridgehead atoms. The van der Waals surface area contributed by atoms with Crippen molar-refractivity contribution in [3.8, 4) is 0 Å².